The molecule has 0 saturated heterocycles. The van der Waals surface area contributed by atoms with Crippen LogP contribution in [0.3, 0.4) is 0 Å². The predicted molar refractivity (Wildman–Crippen MR) is 101 cm³/mol. The van der Waals surface area contributed by atoms with Gasteiger partial charge in [-0.3, -0.25) is 24.1 Å². The second-order valence-corrected chi connectivity index (χ2v) is 6.62. The van der Waals surface area contributed by atoms with Crippen LogP contribution in [0, 0.1) is 0 Å². The molecule has 8 heteroatoms. The summed E-state index contributed by atoms with van der Waals surface area (Å²) >= 11 is 6.08. The number of amides is 3. The van der Waals surface area contributed by atoms with E-state index in [1.54, 1.807) is 43.3 Å². The number of nitrogens with zero attached hydrogens (tertiary/aromatic N) is 1. The van der Waals surface area contributed by atoms with Crippen molar-refractivity contribution in [2.45, 2.75) is 13.0 Å². The van der Waals surface area contributed by atoms with Crippen molar-refractivity contribution < 1.29 is 23.9 Å². The molecule has 3 rings (SSSR count). The third kappa shape index (κ3) is 4.04. The number of esters is 1. The monoisotopic (exact) mass is 400 g/mol. The largest absolute Gasteiger partial charge is 0.454 e. The molecule has 1 aliphatic rings. The molecule has 1 N–H and O–H groups in total. The van der Waals surface area contributed by atoms with E-state index >= 15 is 0 Å². The zero-order valence-corrected chi connectivity index (χ0v) is 15.7. The average Bonchev–Trinajstić information content (AvgIpc) is 2.92. The molecule has 0 spiro atoms. The fourth-order valence-electron chi connectivity index (χ4n) is 2.89. The summed E-state index contributed by atoms with van der Waals surface area (Å²) in [6, 6.07) is 13.0. The number of hydrogen-bond acceptors (Lipinski definition) is 5. The Kier molecular flexibility index (Phi) is 5.75. The van der Waals surface area contributed by atoms with Crippen LogP contribution >= 0.6 is 11.6 Å². The standard InChI is InChI=1S/C20H17ClN2O5/c1-12(13-6-4-5-9-16(13)21)22-17(24)11-28-18(25)10-23-19(26)14-7-2-3-8-15(14)20(23)27/h2-9,12H,10-11H2,1H3,(H,22,24)/t12-/m0/s1. The van der Waals surface area contributed by atoms with Crippen LogP contribution in [-0.4, -0.2) is 41.7 Å². The molecule has 0 aromatic heterocycles. The number of nitrogens with one attached hydrogen (secondary N) is 1. The Morgan fingerprint density at radius 3 is 2.21 bits per heavy atom. The number of rotatable bonds is 6. The fraction of sp³-hybridized carbons (Fsp3) is 0.200. The van der Waals surface area contributed by atoms with E-state index in [0.29, 0.717) is 5.02 Å². The first kappa shape index (κ1) is 19.6. The molecule has 3 amide bonds. The topological polar surface area (TPSA) is 92.8 Å². The highest BCUT2D eigenvalue weighted by Gasteiger charge is 2.36. The van der Waals surface area contributed by atoms with Crippen LogP contribution < -0.4 is 5.32 Å². The van der Waals surface area contributed by atoms with E-state index < -0.39 is 36.8 Å². The van der Waals surface area contributed by atoms with Crippen molar-refractivity contribution >= 4 is 35.3 Å². The minimum Gasteiger partial charge on any atom is -0.454 e. The summed E-state index contributed by atoms with van der Waals surface area (Å²) in [6.45, 7) is 0.663. The zero-order chi connectivity index (χ0) is 20.3. The first-order valence-electron chi connectivity index (χ1n) is 8.53. The lowest BCUT2D eigenvalue weighted by Crippen LogP contribution is -2.37. The van der Waals surface area contributed by atoms with Crippen LogP contribution in [0.4, 0.5) is 0 Å². The summed E-state index contributed by atoms with van der Waals surface area (Å²) in [4.78, 5) is 49.2. The molecule has 1 atom stereocenters. The van der Waals surface area contributed by atoms with Gasteiger partial charge in [-0.15, -0.1) is 0 Å². The van der Waals surface area contributed by atoms with Crippen LogP contribution in [0.1, 0.15) is 39.2 Å². The smallest absolute Gasteiger partial charge is 0.326 e. The summed E-state index contributed by atoms with van der Waals surface area (Å²) in [5.74, 6) is -2.50. The quantitative estimate of drug-likeness (QED) is 0.593. The molecule has 0 fully saturated rings. The lowest BCUT2D eigenvalue weighted by molar-refractivity contribution is -0.148. The SMILES string of the molecule is C[C@H](NC(=O)COC(=O)CN1C(=O)c2ccccc2C1=O)c1ccccc1Cl. The van der Waals surface area contributed by atoms with Crippen molar-refractivity contribution in [3.63, 3.8) is 0 Å². The third-order valence-electron chi connectivity index (χ3n) is 4.28. The molecule has 0 saturated carbocycles. The predicted octanol–water partition coefficient (Wildman–Crippen LogP) is 2.36. The van der Waals surface area contributed by atoms with Gasteiger partial charge in [0, 0.05) is 5.02 Å². The van der Waals surface area contributed by atoms with Crippen molar-refractivity contribution in [2.24, 2.45) is 0 Å². The molecule has 2 aromatic carbocycles. The summed E-state index contributed by atoms with van der Waals surface area (Å²) in [5.41, 5.74) is 1.22. The third-order valence-corrected chi connectivity index (χ3v) is 4.62. The highest BCUT2D eigenvalue weighted by atomic mass is 35.5. The molecule has 0 aliphatic carbocycles. The van der Waals surface area contributed by atoms with Crippen LogP contribution in [-0.2, 0) is 14.3 Å². The van der Waals surface area contributed by atoms with Gasteiger partial charge in [0.05, 0.1) is 17.2 Å². The Balaban J connectivity index is 1.51. The van der Waals surface area contributed by atoms with E-state index in [9.17, 15) is 19.2 Å². The van der Waals surface area contributed by atoms with E-state index in [-0.39, 0.29) is 17.2 Å². The molecule has 0 unspecified atom stereocenters. The molecule has 0 radical (unpaired) electrons. The summed E-state index contributed by atoms with van der Waals surface area (Å²) in [5, 5.41) is 3.18. The molecule has 0 bridgehead atoms. The van der Waals surface area contributed by atoms with Crippen LogP contribution in [0.5, 0.6) is 0 Å². The summed E-state index contributed by atoms with van der Waals surface area (Å²) in [7, 11) is 0. The maximum atomic E-state index is 12.2. The first-order valence-corrected chi connectivity index (χ1v) is 8.91. The van der Waals surface area contributed by atoms with E-state index in [4.69, 9.17) is 16.3 Å². The lowest BCUT2D eigenvalue weighted by atomic mass is 10.1. The van der Waals surface area contributed by atoms with Gasteiger partial charge in [-0.05, 0) is 30.7 Å². The van der Waals surface area contributed by atoms with Gasteiger partial charge < -0.3 is 10.1 Å². The molecule has 28 heavy (non-hydrogen) atoms. The van der Waals surface area contributed by atoms with Gasteiger partial charge in [-0.1, -0.05) is 41.9 Å². The molecule has 144 valence electrons. The number of hydrogen-bond donors (Lipinski definition) is 1. The van der Waals surface area contributed by atoms with Gasteiger partial charge in [0.25, 0.3) is 17.7 Å². The van der Waals surface area contributed by atoms with Gasteiger partial charge in [0.15, 0.2) is 6.61 Å². The number of benzene rings is 2. The Bertz CT molecular complexity index is 924. The van der Waals surface area contributed by atoms with Gasteiger partial charge in [-0.25, -0.2) is 0 Å². The highest BCUT2D eigenvalue weighted by molar-refractivity contribution is 6.31. The van der Waals surface area contributed by atoms with Gasteiger partial charge in [0.2, 0.25) is 0 Å². The molecule has 1 heterocycles. The van der Waals surface area contributed by atoms with E-state index in [1.165, 1.54) is 12.1 Å². The Labute approximate surface area is 166 Å². The summed E-state index contributed by atoms with van der Waals surface area (Å²) < 4.78 is 4.90. The van der Waals surface area contributed by atoms with Gasteiger partial charge in [-0.2, -0.15) is 0 Å². The minimum absolute atomic E-state index is 0.242. The minimum atomic E-state index is -0.852. The number of carbonyl (C=O) groups is 4. The summed E-state index contributed by atoms with van der Waals surface area (Å²) in [6.07, 6.45) is 0. The van der Waals surface area contributed by atoms with E-state index in [2.05, 4.69) is 5.32 Å². The van der Waals surface area contributed by atoms with Crippen molar-refractivity contribution in [2.75, 3.05) is 13.2 Å². The van der Waals surface area contributed by atoms with Gasteiger partial charge >= 0.3 is 5.97 Å². The lowest BCUT2D eigenvalue weighted by Gasteiger charge is -2.16. The Morgan fingerprint density at radius 2 is 1.61 bits per heavy atom. The number of fused-ring (bicyclic) bond motifs is 1. The first-order chi connectivity index (χ1) is 13.4. The van der Waals surface area contributed by atoms with Gasteiger partial charge in [0.1, 0.15) is 6.54 Å². The van der Waals surface area contributed by atoms with Crippen molar-refractivity contribution in [1.82, 2.24) is 10.2 Å². The molecule has 1 aliphatic heterocycles. The second-order valence-electron chi connectivity index (χ2n) is 6.21. The normalized spacial score (nSPS) is 13.9. The van der Waals surface area contributed by atoms with Crippen LogP contribution in [0.2, 0.25) is 5.02 Å². The number of ether oxygens (including phenoxy) is 1. The molecule has 2 aromatic rings. The number of imide groups is 1. The molecule has 7 nitrogen and oxygen atoms in total. The zero-order valence-electron chi connectivity index (χ0n) is 15.0. The molecular formula is C20H17ClN2O5. The van der Waals surface area contributed by atoms with Crippen molar-refractivity contribution in [3.05, 3.63) is 70.2 Å². The average molecular weight is 401 g/mol. The Hall–Kier alpha value is -3.19. The number of halogens is 1. The maximum Gasteiger partial charge on any atom is 0.326 e. The van der Waals surface area contributed by atoms with E-state index in [0.717, 1.165) is 10.5 Å². The number of carbonyl (C=O) groups excluding carboxylic acids is 4. The van der Waals surface area contributed by atoms with Crippen molar-refractivity contribution in [1.29, 1.82) is 0 Å². The van der Waals surface area contributed by atoms with Crippen molar-refractivity contribution in [3.8, 4) is 0 Å². The second kappa shape index (κ2) is 8.22. The maximum absolute atomic E-state index is 12.2. The Morgan fingerprint density at radius 1 is 1.04 bits per heavy atom. The fourth-order valence-corrected chi connectivity index (χ4v) is 3.19. The molecular weight excluding hydrogens is 384 g/mol. The van der Waals surface area contributed by atoms with Crippen LogP contribution in [0.15, 0.2) is 48.5 Å². The van der Waals surface area contributed by atoms with E-state index in [1.807, 2.05) is 0 Å². The van der Waals surface area contributed by atoms with Crippen LogP contribution in [0.25, 0.3) is 0 Å². The highest BCUT2D eigenvalue weighted by Crippen LogP contribution is 2.23.